The van der Waals surface area contributed by atoms with Gasteiger partial charge in [-0.1, -0.05) is 11.3 Å². The number of nitrogen functional groups attached to an aromatic ring is 1. The van der Waals surface area contributed by atoms with Gasteiger partial charge in [0.1, 0.15) is 10.7 Å². The molecule has 0 saturated carbocycles. The zero-order valence-electron chi connectivity index (χ0n) is 12.3. The van der Waals surface area contributed by atoms with Crippen molar-refractivity contribution in [3.63, 3.8) is 0 Å². The van der Waals surface area contributed by atoms with E-state index in [1.807, 2.05) is 26.0 Å². The quantitative estimate of drug-likeness (QED) is 0.907. The average molecular weight is 298 g/mol. The predicted octanol–water partition coefficient (Wildman–Crippen LogP) is 1.29. The summed E-state index contributed by atoms with van der Waals surface area (Å²) in [6.45, 7) is 2.33. The second kappa shape index (κ2) is 6.41. The molecule has 2 heterocycles. The molecule has 1 aromatic rings. The highest BCUT2D eigenvalue weighted by Gasteiger charge is 2.23. The van der Waals surface area contributed by atoms with Gasteiger partial charge >= 0.3 is 0 Å². The van der Waals surface area contributed by atoms with Gasteiger partial charge in [0.05, 0.1) is 0 Å². The molecule has 1 aromatic heterocycles. The number of ether oxygens (including phenoxy) is 1. The number of hydrogen-bond acceptors (Lipinski definition) is 6. The van der Waals surface area contributed by atoms with E-state index in [1.54, 1.807) is 4.90 Å². The first-order valence-electron chi connectivity index (χ1n) is 6.76. The van der Waals surface area contributed by atoms with E-state index in [9.17, 15) is 4.79 Å². The highest BCUT2D eigenvalue weighted by Crippen LogP contribution is 2.28. The van der Waals surface area contributed by atoms with Crippen LogP contribution in [0.4, 0.5) is 10.9 Å². The van der Waals surface area contributed by atoms with Crippen molar-refractivity contribution in [2.45, 2.75) is 12.8 Å². The van der Waals surface area contributed by atoms with Crippen molar-refractivity contribution in [2.75, 3.05) is 51.5 Å². The summed E-state index contributed by atoms with van der Waals surface area (Å²) in [6, 6.07) is 0. The smallest absolute Gasteiger partial charge is 0.267 e. The third-order valence-electron chi connectivity index (χ3n) is 3.44. The minimum Gasteiger partial charge on any atom is -0.382 e. The Morgan fingerprint density at radius 2 is 2.05 bits per heavy atom. The zero-order chi connectivity index (χ0) is 14.7. The molecule has 1 aliphatic rings. The van der Waals surface area contributed by atoms with E-state index in [1.165, 1.54) is 11.3 Å². The number of amides is 1. The van der Waals surface area contributed by atoms with Gasteiger partial charge in [-0.15, -0.1) is 0 Å². The summed E-state index contributed by atoms with van der Waals surface area (Å²) < 4.78 is 5.34. The van der Waals surface area contributed by atoms with E-state index < -0.39 is 0 Å². The summed E-state index contributed by atoms with van der Waals surface area (Å²) in [5.41, 5.74) is 5.86. The van der Waals surface area contributed by atoms with Crippen molar-refractivity contribution >= 4 is 28.2 Å². The van der Waals surface area contributed by atoms with Crippen LogP contribution in [-0.4, -0.2) is 56.7 Å². The van der Waals surface area contributed by atoms with E-state index in [4.69, 9.17) is 10.5 Å². The molecule has 112 valence electrons. The first-order chi connectivity index (χ1) is 9.49. The molecule has 1 saturated heterocycles. The van der Waals surface area contributed by atoms with Gasteiger partial charge in [-0.2, -0.15) is 0 Å². The lowest BCUT2D eigenvalue weighted by Crippen LogP contribution is -2.34. The number of carbonyl (C=O) groups excluding carboxylic acids is 1. The lowest BCUT2D eigenvalue weighted by molar-refractivity contribution is 0.0499. The van der Waals surface area contributed by atoms with E-state index >= 15 is 0 Å². The fraction of sp³-hybridized carbons (Fsp3) is 0.692. The van der Waals surface area contributed by atoms with Crippen molar-refractivity contribution in [3.8, 4) is 0 Å². The van der Waals surface area contributed by atoms with Crippen LogP contribution in [0.15, 0.2) is 0 Å². The van der Waals surface area contributed by atoms with E-state index in [2.05, 4.69) is 4.98 Å². The molecular formula is C13H22N4O2S. The third kappa shape index (κ3) is 3.40. The van der Waals surface area contributed by atoms with Crippen LogP contribution < -0.4 is 10.6 Å². The van der Waals surface area contributed by atoms with Crippen molar-refractivity contribution in [3.05, 3.63) is 4.88 Å². The monoisotopic (exact) mass is 298 g/mol. The Kier molecular flexibility index (Phi) is 4.82. The maximum Gasteiger partial charge on any atom is 0.267 e. The van der Waals surface area contributed by atoms with Crippen LogP contribution in [0.3, 0.4) is 0 Å². The van der Waals surface area contributed by atoms with Crippen LogP contribution in [0.1, 0.15) is 22.5 Å². The highest BCUT2D eigenvalue weighted by molar-refractivity contribution is 7.18. The minimum atomic E-state index is -0.0420. The van der Waals surface area contributed by atoms with Crippen LogP contribution in [0.25, 0.3) is 0 Å². The van der Waals surface area contributed by atoms with Crippen molar-refractivity contribution in [2.24, 2.45) is 5.92 Å². The molecule has 0 spiro atoms. The number of aromatic nitrogens is 1. The lowest BCUT2D eigenvalue weighted by atomic mass is 10.00. The predicted molar refractivity (Wildman–Crippen MR) is 81.4 cm³/mol. The number of thiazole rings is 1. The summed E-state index contributed by atoms with van der Waals surface area (Å²) in [4.78, 5) is 20.8. The number of nitrogens with zero attached hydrogens (tertiary/aromatic N) is 3. The number of hydrogen-bond donors (Lipinski definition) is 1. The normalized spacial score (nSPS) is 16.1. The van der Waals surface area contributed by atoms with Gasteiger partial charge in [0.2, 0.25) is 0 Å². The number of anilines is 2. The lowest BCUT2D eigenvalue weighted by Gasteiger charge is -2.26. The van der Waals surface area contributed by atoms with Crippen LogP contribution in [-0.2, 0) is 4.74 Å². The molecule has 7 heteroatoms. The molecule has 0 radical (unpaired) electrons. The van der Waals surface area contributed by atoms with Gasteiger partial charge in [-0.25, -0.2) is 4.98 Å². The Morgan fingerprint density at radius 1 is 1.40 bits per heavy atom. The average Bonchev–Trinajstić information content (AvgIpc) is 2.81. The van der Waals surface area contributed by atoms with Crippen molar-refractivity contribution in [1.29, 1.82) is 0 Å². The van der Waals surface area contributed by atoms with Crippen LogP contribution in [0.5, 0.6) is 0 Å². The topological polar surface area (TPSA) is 71.7 Å². The van der Waals surface area contributed by atoms with E-state index in [0.29, 0.717) is 16.6 Å². The molecule has 0 atom stereocenters. The van der Waals surface area contributed by atoms with E-state index in [-0.39, 0.29) is 5.91 Å². The van der Waals surface area contributed by atoms with Gasteiger partial charge in [0.25, 0.3) is 5.91 Å². The van der Waals surface area contributed by atoms with Crippen LogP contribution >= 0.6 is 11.3 Å². The first-order valence-corrected chi connectivity index (χ1v) is 7.57. The Hall–Kier alpha value is -1.34. The molecule has 2 rings (SSSR count). The Morgan fingerprint density at radius 3 is 2.60 bits per heavy atom. The number of nitrogens with two attached hydrogens (primary N) is 1. The molecule has 0 bridgehead atoms. The largest absolute Gasteiger partial charge is 0.382 e. The summed E-state index contributed by atoms with van der Waals surface area (Å²) in [5, 5.41) is 0.755. The summed E-state index contributed by atoms with van der Waals surface area (Å²) in [6.07, 6.45) is 2.03. The second-order valence-electron chi connectivity index (χ2n) is 5.35. The Bertz CT molecular complexity index is 469. The fourth-order valence-electron chi connectivity index (χ4n) is 2.24. The SMILES string of the molecule is CN(CC1CCOCC1)C(=O)c1sc(N(C)C)nc1N. The molecule has 0 aromatic carbocycles. The molecule has 1 fully saturated rings. The highest BCUT2D eigenvalue weighted by atomic mass is 32.1. The molecule has 0 unspecified atom stereocenters. The van der Waals surface area contributed by atoms with Crippen LogP contribution in [0, 0.1) is 5.92 Å². The molecule has 20 heavy (non-hydrogen) atoms. The number of rotatable bonds is 4. The molecule has 2 N–H and O–H groups in total. The summed E-state index contributed by atoms with van der Waals surface area (Å²) in [5.74, 6) is 0.794. The molecular weight excluding hydrogens is 276 g/mol. The Labute approximate surface area is 123 Å². The second-order valence-corrected chi connectivity index (χ2v) is 6.32. The van der Waals surface area contributed by atoms with Crippen LogP contribution in [0.2, 0.25) is 0 Å². The molecule has 6 nitrogen and oxygen atoms in total. The van der Waals surface area contributed by atoms with E-state index in [0.717, 1.165) is 37.7 Å². The summed E-state index contributed by atoms with van der Waals surface area (Å²) in [7, 11) is 5.60. The van der Waals surface area contributed by atoms with Gasteiger partial charge in [-0.3, -0.25) is 4.79 Å². The molecule has 1 aliphatic heterocycles. The third-order valence-corrected chi connectivity index (χ3v) is 4.67. The standard InChI is InChI=1S/C13H22N4O2S/c1-16(2)13-15-11(14)10(20-13)12(18)17(3)8-9-4-6-19-7-5-9/h9H,4-8,14H2,1-3H3. The van der Waals surface area contributed by atoms with Crippen molar-refractivity contribution < 1.29 is 9.53 Å². The van der Waals surface area contributed by atoms with Gasteiger partial charge in [-0.05, 0) is 18.8 Å². The van der Waals surface area contributed by atoms with Gasteiger partial charge in [0.15, 0.2) is 5.13 Å². The molecule has 1 amide bonds. The van der Waals surface area contributed by atoms with Gasteiger partial charge in [0, 0.05) is 40.9 Å². The first kappa shape index (κ1) is 15.1. The number of carbonyl (C=O) groups is 1. The minimum absolute atomic E-state index is 0.0420. The zero-order valence-corrected chi connectivity index (χ0v) is 13.1. The van der Waals surface area contributed by atoms with Gasteiger partial charge < -0.3 is 20.3 Å². The summed E-state index contributed by atoms with van der Waals surface area (Å²) >= 11 is 1.34. The maximum atomic E-state index is 12.4. The Balaban J connectivity index is 2.02. The maximum absolute atomic E-state index is 12.4. The molecule has 0 aliphatic carbocycles. The van der Waals surface area contributed by atoms with Crippen molar-refractivity contribution in [1.82, 2.24) is 9.88 Å². The fourth-order valence-corrected chi connectivity index (χ4v) is 3.14.